The third-order valence-electron chi connectivity index (χ3n) is 3.47. The van der Waals surface area contributed by atoms with E-state index in [0.29, 0.717) is 13.2 Å². The second-order valence-corrected chi connectivity index (χ2v) is 4.91. The van der Waals surface area contributed by atoms with Gasteiger partial charge in [0.15, 0.2) is 0 Å². The van der Waals surface area contributed by atoms with Gasteiger partial charge in [-0.3, -0.25) is 4.98 Å². The van der Waals surface area contributed by atoms with Gasteiger partial charge in [0, 0.05) is 30.3 Å². The second kappa shape index (κ2) is 5.88. The molecule has 0 spiro atoms. The highest BCUT2D eigenvalue weighted by Crippen LogP contribution is 2.20. The second-order valence-electron chi connectivity index (χ2n) is 4.91. The summed E-state index contributed by atoms with van der Waals surface area (Å²) in [6.45, 7) is 1.29. The summed E-state index contributed by atoms with van der Waals surface area (Å²) in [7, 11) is 2.08. The monoisotopic (exact) mass is 266 g/mol. The number of fused-ring (bicyclic) bond motifs is 1. The molecular weight excluding hydrogens is 248 g/mol. The van der Waals surface area contributed by atoms with Crippen molar-refractivity contribution in [3.05, 3.63) is 66.1 Å². The molecule has 0 atom stereocenters. The van der Waals surface area contributed by atoms with E-state index in [2.05, 4.69) is 47.1 Å². The quantitative estimate of drug-likeness (QED) is 0.662. The van der Waals surface area contributed by atoms with Crippen molar-refractivity contribution in [3.8, 4) is 0 Å². The first-order chi connectivity index (χ1) is 9.84. The number of hydrogen-bond acceptors (Lipinski definition) is 2. The molecule has 0 radical (unpaired) electrons. The summed E-state index contributed by atoms with van der Waals surface area (Å²) in [6.07, 6.45) is 4.91. The predicted molar refractivity (Wildman–Crippen MR) is 80.5 cm³/mol. The number of aromatic nitrogens is 2. The van der Waals surface area contributed by atoms with Crippen LogP contribution in [-0.4, -0.2) is 16.2 Å². The average Bonchev–Trinajstić information content (AvgIpc) is 2.82. The topological polar surface area (TPSA) is 27.1 Å². The minimum absolute atomic E-state index is 0.575. The Morgan fingerprint density at radius 3 is 2.80 bits per heavy atom. The van der Waals surface area contributed by atoms with E-state index in [4.69, 9.17) is 4.74 Å². The number of nitrogens with zero attached hydrogens (tertiary/aromatic N) is 2. The Labute approximate surface area is 118 Å². The van der Waals surface area contributed by atoms with Gasteiger partial charge >= 0.3 is 0 Å². The summed E-state index contributed by atoms with van der Waals surface area (Å²) in [5.41, 5.74) is 3.58. The third kappa shape index (κ3) is 2.73. The fraction of sp³-hybridized carbons (Fsp3) is 0.235. The fourth-order valence-electron chi connectivity index (χ4n) is 2.47. The van der Waals surface area contributed by atoms with E-state index in [1.807, 2.05) is 18.2 Å². The van der Waals surface area contributed by atoms with E-state index in [1.165, 1.54) is 16.5 Å². The van der Waals surface area contributed by atoms with Crippen LogP contribution >= 0.6 is 0 Å². The highest BCUT2D eigenvalue weighted by Gasteiger charge is 2.05. The Kier molecular flexibility index (Phi) is 3.79. The lowest BCUT2D eigenvalue weighted by Gasteiger charge is -2.03. The molecule has 3 heteroatoms. The van der Waals surface area contributed by atoms with Crippen LogP contribution in [0.2, 0.25) is 0 Å². The molecule has 1 aromatic carbocycles. The van der Waals surface area contributed by atoms with Crippen LogP contribution < -0.4 is 0 Å². The molecule has 3 nitrogen and oxygen atoms in total. The Hall–Kier alpha value is -2.13. The van der Waals surface area contributed by atoms with E-state index in [1.54, 1.807) is 6.20 Å². The molecule has 0 bridgehead atoms. The van der Waals surface area contributed by atoms with Gasteiger partial charge in [0.05, 0.1) is 18.9 Å². The van der Waals surface area contributed by atoms with Gasteiger partial charge in [0.2, 0.25) is 0 Å². The SMILES string of the molecule is Cn1cc(CCOCc2ccccn2)c2ccccc21. The molecule has 0 aliphatic heterocycles. The average molecular weight is 266 g/mol. The number of para-hydroxylation sites is 1. The minimum Gasteiger partial charge on any atom is -0.375 e. The number of pyridine rings is 1. The summed E-state index contributed by atoms with van der Waals surface area (Å²) in [4.78, 5) is 4.25. The summed E-state index contributed by atoms with van der Waals surface area (Å²) in [6, 6.07) is 14.4. The Balaban J connectivity index is 1.60. The lowest BCUT2D eigenvalue weighted by Crippen LogP contribution is -2.00. The summed E-state index contributed by atoms with van der Waals surface area (Å²) >= 11 is 0. The maximum Gasteiger partial charge on any atom is 0.0887 e. The van der Waals surface area contributed by atoms with Crippen molar-refractivity contribution in [2.45, 2.75) is 13.0 Å². The van der Waals surface area contributed by atoms with Crippen LogP contribution in [0, 0.1) is 0 Å². The first-order valence-corrected chi connectivity index (χ1v) is 6.85. The number of rotatable bonds is 5. The molecule has 2 aromatic heterocycles. The smallest absolute Gasteiger partial charge is 0.0887 e. The molecule has 0 unspecified atom stereocenters. The van der Waals surface area contributed by atoms with Gasteiger partial charge in [0.25, 0.3) is 0 Å². The van der Waals surface area contributed by atoms with Crippen molar-refractivity contribution in [1.82, 2.24) is 9.55 Å². The zero-order valence-electron chi connectivity index (χ0n) is 11.6. The van der Waals surface area contributed by atoms with E-state index in [9.17, 15) is 0 Å². The molecule has 0 saturated carbocycles. The lowest BCUT2D eigenvalue weighted by molar-refractivity contribution is 0.121. The Bertz CT molecular complexity index is 689. The molecule has 0 aliphatic carbocycles. The summed E-state index contributed by atoms with van der Waals surface area (Å²) in [5.74, 6) is 0. The molecule has 102 valence electrons. The lowest BCUT2D eigenvalue weighted by atomic mass is 10.1. The van der Waals surface area contributed by atoms with Crippen molar-refractivity contribution >= 4 is 10.9 Å². The zero-order valence-corrected chi connectivity index (χ0v) is 11.6. The van der Waals surface area contributed by atoms with Gasteiger partial charge in [-0.05, 0) is 30.2 Å². The maximum atomic E-state index is 5.71. The van der Waals surface area contributed by atoms with Crippen molar-refractivity contribution in [1.29, 1.82) is 0 Å². The van der Waals surface area contributed by atoms with Crippen molar-refractivity contribution in [2.75, 3.05) is 6.61 Å². The molecule has 2 heterocycles. The van der Waals surface area contributed by atoms with Gasteiger partial charge in [-0.2, -0.15) is 0 Å². The van der Waals surface area contributed by atoms with Crippen LogP contribution in [0.15, 0.2) is 54.9 Å². The van der Waals surface area contributed by atoms with Gasteiger partial charge in [-0.15, -0.1) is 0 Å². The minimum atomic E-state index is 0.575. The molecule has 20 heavy (non-hydrogen) atoms. The predicted octanol–water partition coefficient (Wildman–Crippen LogP) is 3.33. The van der Waals surface area contributed by atoms with E-state index in [0.717, 1.165) is 12.1 Å². The van der Waals surface area contributed by atoms with Crippen molar-refractivity contribution < 1.29 is 4.74 Å². The van der Waals surface area contributed by atoms with Gasteiger partial charge in [0.1, 0.15) is 0 Å². The number of hydrogen-bond donors (Lipinski definition) is 0. The summed E-state index contributed by atoms with van der Waals surface area (Å²) in [5, 5.41) is 1.32. The highest BCUT2D eigenvalue weighted by molar-refractivity contribution is 5.83. The zero-order chi connectivity index (χ0) is 13.8. The first-order valence-electron chi connectivity index (χ1n) is 6.85. The molecule has 3 rings (SSSR count). The summed E-state index contributed by atoms with van der Waals surface area (Å²) < 4.78 is 7.88. The molecule has 0 fully saturated rings. The van der Waals surface area contributed by atoms with Crippen LogP contribution in [-0.2, 0) is 24.8 Å². The van der Waals surface area contributed by atoms with Crippen molar-refractivity contribution in [3.63, 3.8) is 0 Å². The molecule has 0 amide bonds. The van der Waals surface area contributed by atoms with Crippen LogP contribution in [0.1, 0.15) is 11.3 Å². The Morgan fingerprint density at radius 1 is 1.10 bits per heavy atom. The van der Waals surface area contributed by atoms with Crippen LogP contribution in [0.25, 0.3) is 10.9 Å². The van der Waals surface area contributed by atoms with Gasteiger partial charge in [-0.25, -0.2) is 0 Å². The maximum absolute atomic E-state index is 5.71. The van der Waals surface area contributed by atoms with Crippen LogP contribution in [0.3, 0.4) is 0 Å². The van der Waals surface area contributed by atoms with E-state index < -0.39 is 0 Å². The van der Waals surface area contributed by atoms with Gasteiger partial charge < -0.3 is 9.30 Å². The first kappa shape index (κ1) is 12.9. The number of benzene rings is 1. The Morgan fingerprint density at radius 2 is 1.95 bits per heavy atom. The molecule has 0 aliphatic rings. The molecule has 3 aromatic rings. The third-order valence-corrected chi connectivity index (χ3v) is 3.47. The standard InChI is InChI=1S/C17H18N2O/c1-19-12-14(16-7-2-3-8-17(16)19)9-11-20-13-15-6-4-5-10-18-15/h2-8,10,12H,9,11,13H2,1H3. The van der Waals surface area contributed by atoms with E-state index >= 15 is 0 Å². The van der Waals surface area contributed by atoms with E-state index in [-0.39, 0.29) is 0 Å². The largest absolute Gasteiger partial charge is 0.375 e. The normalized spacial score (nSPS) is 11.1. The van der Waals surface area contributed by atoms with Crippen molar-refractivity contribution in [2.24, 2.45) is 7.05 Å². The van der Waals surface area contributed by atoms with Crippen LogP contribution in [0.4, 0.5) is 0 Å². The molecule has 0 N–H and O–H groups in total. The number of ether oxygens (including phenoxy) is 1. The number of aryl methyl sites for hydroxylation is 1. The highest BCUT2D eigenvalue weighted by atomic mass is 16.5. The fourth-order valence-corrected chi connectivity index (χ4v) is 2.47. The molecule has 0 saturated heterocycles. The van der Waals surface area contributed by atoms with Gasteiger partial charge in [-0.1, -0.05) is 24.3 Å². The van der Waals surface area contributed by atoms with Crippen LogP contribution in [0.5, 0.6) is 0 Å². The molecular formula is C17H18N2O.